The molecule has 0 saturated heterocycles. The Morgan fingerprint density at radius 1 is 1.29 bits per heavy atom. The number of halogens is 2. The number of hydrogen-bond donors (Lipinski definition) is 0. The lowest BCUT2D eigenvalue weighted by Crippen LogP contribution is -2.28. The summed E-state index contributed by atoms with van der Waals surface area (Å²) in [4.78, 5) is 0. The predicted molar refractivity (Wildman–Crippen MR) is 64.0 cm³/mol. The van der Waals surface area contributed by atoms with Gasteiger partial charge in [-0.1, -0.05) is 25.8 Å². The van der Waals surface area contributed by atoms with Gasteiger partial charge in [0.15, 0.2) is 0 Å². The van der Waals surface area contributed by atoms with Gasteiger partial charge in [-0.25, -0.2) is 0 Å². The van der Waals surface area contributed by atoms with Gasteiger partial charge in [0.25, 0.3) is 0 Å². The van der Waals surface area contributed by atoms with E-state index in [1.54, 1.807) is 6.08 Å². The quantitative estimate of drug-likeness (QED) is 0.663. The first-order valence-corrected chi connectivity index (χ1v) is 6.81. The van der Waals surface area contributed by atoms with Crippen LogP contribution in [0.2, 0.25) is 0 Å². The van der Waals surface area contributed by atoms with Gasteiger partial charge < -0.3 is 4.74 Å². The van der Waals surface area contributed by atoms with Crippen molar-refractivity contribution in [3.05, 3.63) is 11.6 Å². The van der Waals surface area contributed by atoms with Crippen molar-refractivity contribution in [1.82, 2.24) is 0 Å². The van der Waals surface area contributed by atoms with Crippen molar-refractivity contribution in [3.8, 4) is 0 Å². The van der Waals surface area contributed by atoms with Crippen molar-refractivity contribution < 1.29 is 13.5 Å². The molecule has 1 heterocycles. The van der Waals surface area contributed by atoms with Crippen LogP contribution in [0.1, 0.15) is 51.9 Å². The van der Waals surface area contributed by atoms with Crippen molar-refractivity contribution in [1.29, 1.82) is 0 Å². The summed E-state index contributed by atoms with van der Waals surface area (Å²) in [7, 11) is 0. The standard InChI is InChI=1S/C14H22F2O/c1-2-3-11-4-6-12(7-5-11)13-8-9-14(15,16)17-10-13/h8,11-12H,2-7,9-10H2,1H3. The van der Waals surface area contributed by atoms with Gasteiger partial charge in [0.1, 0.15) is 0 Å². The van der Waals surface area contributed by atoms with E-state index in [1.165, 1.54) is 25.7 Å². The zero-order valence-electron chi connectivity index (χ0n) is 10.6. The van der Waals surface area contributed by atoms with Crippen LogP contribution in [0.3, 0.4) is 0 Å². The summed E-state index contributed by atoms with van der Waals surface area (Å²) >= 11 is 0. The molecule has 17 heavy (non-hydrogen) atoms. The second-order valence-electron chi connectivity index (χ2n) is 5.42. The number of hydrogen-bond acceptors (Lipinski definition) is 1. The average molecular weight is 244 g/mol. The monoisotopic (exact) mass is 244 g/mol. The highest BCUT2D eigenvalue weighted by atomic mass is 19.3. The second-order valence-corrected chi connectivity index (χ2v) is 5.42. The minimum atomic E-state index is -2.93. The molecule has 2 rings (SSSR count). The van der Waals surface area contributed by atoms with Crippen molar-refractivity contribution >= 4 is 0 Å². The van der Waals surface area contributed by atoms with E-state index in [-0.39, 0.29) is 13.0 Å². The molecule has 0 N–H and O–H groups in total. The van der Waals surface area contributed by atoms with Crippen LogP contribution in [0.25, 0.3) is 0 Å². The Kier molecular flexibility index (Phi) is 4.18. The summed E-state index contributed by atoms with van der Waals surface area (Å²) in [6.45, 7) is 2.36. The lowest BCUT2D eigenvalue weighted by atomic mass is 9.76. The van der Waals surface area contributed by atoms with Crippen LogP contribution in [0.5, 0.6) is 0 Å². The van der Waals surface area contributed by atoms with Gasteiger partial charge in [0.05, 0.1) is 13.0 Å². The van der Waals surface area contributed by atoms with E-state index in [0.717, 1.165) is 24.3 Å². The molecule has 0 aromatic rings. The first-order chi connectivity index (χ1) is 8.11. The molecule has 98 valence electrons. The van der Waals surface area contributed by atoms with Gasteiger partial charge in [-0.05, 0) is 43.1 Å². The van der Waals surface area contributed by atoms with Crippen LogP contribution in [-0.4, -0.2) is 12.7 Å². The van der Waals surface area contributed by atoms with Crippen molar-refractivity contribution in [2.24, 2.45) is 11.8 Å². The molecule has 0 aromatic heterocycles. The molecule has 0 spiro atoms. The van der Waals surface area contributed by atoms with Gasteiger partial charge in [-0.2, -0.15) is 8.78 Å². The Labute approximate surface area is 102 Å². The van der Waals surface area contributed by atoms with E-state index in [0.29, 0.717) is 5.92 Å². The van der Waals surface area contributed by atoms with Crippen LogP contribution in [-0.2, 0) is 4.74 Å². The van der Waals surface area contributed by atoms with Crippen LogP contribution in [0.4, 0.5) is 8.78 Å². The summed E-state index contributed by atoms with van der Waals surface area (Å²) in [5.41, 5.74) is 1.12. The van der Waals surface area contributed by atoms with Gasteiger partial charge in [-0.15, -0.1) is 0 Å². The lowest BCUT2D eigenvalue weighted by molar-refractivity contribution is -0.236. The highest BCUT2D eigenvalue weighted by Crippen LogP contribution is 2.38. The molecule has 0 bridgehead atoms. The molecule has 3 heteroatoms. The molecule has 0 amide bonds. The molecular formula is C14H22F2O. The third-order valence-electron chi connectivity index (χ3n) is 4.12. The molecule has 1 fully saturated rings. The van der Waals surface area contributed by atoms with E-state index >= 15 is 0 Å². The average Bonchev–Trinajstić information content (AvgIpc) is 2.31. The summed E-state index contributed by atoms with van der Waals surface area (Å²) in [5.74, 6) is 1.36. The lowest BCUT2D eigenvalue weighted by Gasteiger charge is -2.32. The Bertz CT molecular complexity index is 278. The predicted octanol–water partition coefficient (Wildman–Crippen LogP) is 4.53. The molecule has 2 aliphatic rings. The summed E-state index contributed by atoms with van der Waals surface area (Å²) in [5, 5.41) is 0. The topological polar surface area (TPSA) is 9.23 Å². The Hall–Kier alpha value is -0.440. The SMILES string of the molecule is CCCC1CCC(C2=CCC(F)(F)OC2)CC1. The van der Waals surface area contributed by atoms with Gasteiger partial charge in [-0.3, -0.25) is 0 Å². The first-order valence-electron chi connectivity index (χ1n) is 6.81. The number of rotatable bonds is 3. The molecule has 1 saturated carbocycles. The molecule has 1 aliphatic carbocycles. The zero-order chi connectivity index (χ0) is 12.3. The molecular weight excluding hydrogens is 222 g/mol. The smallest absolute Gasteiger partial charge is 0.316 e. The third-order valence-corrected chi connectivity index (χ3v) is 4.12. The van der Waals surface area contributed by atoms with Crippen LogP contribution in [0.15, 0.2) is 11.6 Å². The fraction of sp³-hybridized carbons (Fsp3) is 0.857. The second kappa shape index (κ2) is 5.47. The van der Waals surface area contributed by atoms with Gasteiger partial charge in [0.2, 0.25) is 0 Å². The highest BCUT2D eigenvalue weighted by Gasteiger charge is 2.34. The molecule has 0 unspecified atom stereocenters. The molecule has 0 aromatic carbocycles. The summed E-state index contributed by atoms with van der Waals surface area (Å²) in [6, 6.07) is 0. The fourth-order valence-electron chi connectivity index (χ4n) is 3.07. The van der Waals surface area contributed by atoms with Crippen molar-refractivity contribution in [2.45, 2.75) is 58.0 Å². The first kappa shape index (κ1) is 13.0. The van der Waals surface area contributed by atoms with E-state index in [4.69, 9.17) is 0 Å². The molecule has 1 nitrogen and oxygen atoms in total. The minimum Gasteiger partial charge on any atom is -0.316 e. The van der Waals surface area contributed by atoms with E-state index < -0.39 is 6.11 Å². The Morgan fingerprint density at radius 3 is 2.53 bits per heavy atom. The maximum Gasteiger partial charge on any atom is 0.359 e. The normalized spacial score (nSPS) is 33.2. The molecule has 0 atom stereocenters. The van der Waals surface area contributed by atoms with E-state index in [9.17, 15) is 8.78 Å². The number of ether oxygens (including phenoxy) is 1. The van der Waals surface area contributed by atoms with Crippen LogP contribution >= 0.6 is 0 Å². The van der Waals surface area contributed by atoms with Crippen molar-refractivity contribution in [3.63, 3.8) is 0 Å². The van der Waals surface area contributed by atoms with Gasteiger partial charge in [0, 0.05) is 0 Å². The van der Waals surface area contributed by atoms with Crippen molar-refractivity contribution in [2.75, 3.05) is 6.61 Å². The largest absolute Gasteiger partial charge is 0.359 e. The summed E-state index contributed by atoms with van der Waals surface area (Å²) in [6.07, 6.45) is 5.96. The zero-order valence-corrected chi connectivity index (χ0v) is 10.6. The van der Waals surface area contributed by atoms with E-state index in [2.05, 4.69) is 11.7 Å². The Balaban J connectivity index is 1.83. The molecule has 1 aliphatic heterocycles. The Morgan fingerprint density at radius 2 is 2.00 bits per heavy atom. The fourth-order valence-corrected chi connectivity index (χ4v) is 3.07. The third kappa shape index (κ3) is 3.51. The maximum atomic E-state index is 12.8. The van der Waals surface area contributed by atoms with Crippen LogP contribution in [0, 0.1) is 11.8 Å². The summed E-state index contributed by atoms with van der Waals surface area (Å²) < 4.78 is 30.3. The highest BCUT2D eigenvalue weighted by molar-refractivity contribution is 5.11. The molecule has 0 radical (unpaired) electrons. The number of alkyl halides is 2. The minimum absolute atomic E-state index is 0.135. The maximum absolute atomic E-state index is 12.8. The van der Waals surface area contributed by atoms with Crippen LogP contribution < -0.4 is 0 Å². The van der Waals surface area contributed by atoms with E-state index in [1.807, 2.05) is 0 Å². The van der Waals surface area contributed by atoms with Gasteiger partial charge >= 0.3 is 6.11 Å².